The van der Waals surface area contributed by atoms with Crippen LogP contribution in [0.4, 0.5) is 5.69 Å². The molecular weight excluding hydrogens is 170 g/mol. The van der Waals surface area contributed by atoms with E-state index in [1.54, 1.807) is 0 Å². The zero-order chi connectivity index (χ0) is 9.84. The molecule has 1 aromatic rings. The molecule has 0 fully saturated rings. The molecule has 0 saturated carbocycles. The number of hydrogen-bond donors (Lipinski definition) is 1. The average molecular weight is 179 g/mol. The first-order valence-electron chi connectivity index (χ1n) is 3.88. The Balaban J connectivity index is 3.23. The second-order valence-corrected chi connectivity index (χ2v) is 2.59. The third-order valence-electron chi connectivity index (χ3n) is 1.81. The zero-order valence-electron chi connectivity index (χ0n) is 7.15. The highest BCUT2D eigenvalue weighted by molar-refractivity contribution is 5.89. The quantitative estimate of drug-likeness (QED) is 0.724. The summed E-state index contributed by atoms with van der Waals surface area (Å²) >= 11 is 0. The number of benzene rings is 1. The summed E-state index contributed by atoms with van der Waals surface area (Å²) in [7, 11) is 0. The minimum absolute atomic E-state index is 0.231. The molecule has 0 saturated heterocycles. The van der Waals surface area contributed by atoms with Gasteiger partial charge in [0.25, 0.3) is 0 Å². The van der Waals surface area contributed by atoms with Crippen LogP contribution in [0.15, 0.2) is 23.4 Å². The lowest BCUT2D eigenvalue weighted by molar-refractivity contribution is 0.0696. The van der Waals surface area contributed by atoms with E-state index in [2.05, 4.69) is 5.18 Å². The van der Waals surface area contributed by atoms with Crippen molar-refractivity contribution in [3.05, 3.63) is 34.2 Å². The third kappa shape index (κ3) is 1.90. The molecule has 0 heterocycles. The van der Waals surface area contributed by atoms with Crippen LogP contribution in [0.2, 0.25) is 0 Å². The maximum absolute atomic E-state index is 10.7. The third-order valence-corrected chi connectivity index (χ3v) is 1.81. The van der Waals surface area contributed by atoms with Crippen molar-refractivity contribution in [3.63, 3.8) is 0 Å². The standard InChI is InChI=1S/C9H9NO3/c1-2-6-5-7(10-13)3-4-8(6)9(11)12/h3-5H,2H2,1H3,(H,11,12). The summed E-state index contributed by atoms with van der Waals surface area (Å²) < 4.78 is 0. The summed E-state index contributed by atoms with van der Waals surface area (Å²) in [5.74, 6) is -0.978. The van der Waals surface area contributed by atoms with Gasteiger partial charge in [0.05, 0.1) is 5.56 Å². The van der Waals surface area contributed by atoms with Crippen LogP contribution in [0, 0.1) is 4.91 Å². The Morgan fingerprint density at radius 3 is 2.69 bits per heavy atom. The lowest BCUT2D eigenvalue weighted by Gasteiger charge is -2.02. The summed E-state index contributed by atoms with van der Waals surface area (Å²) in [5.41, 5.74) is 1.13. The van der Waals surface area contributed by atoms with E-state index >= 15 is 0 Å². The van der Waals surface area contributed by atoms with Crippen LogP contribution in [0.1, 0.15) is 22.8 Å². The lowest BCUT2D eigenvalue weighted by atomic mass is 10.0. The molecule has 0 aliphatic heterocycles. The molecule has 13 heavy (non-hydrogen) atoms. The Hall–Kier alpha value is -1.71. The van der Waals surface area contributed by atoms with Gasteiger partial charge in [0.15, 0.2) is 0 Å². The molecule has 1 N–H and O–H groups in total. The van der Waals surface area contributed by atoms with Gasteiger partial charge in [-0.25, -0.2) is 4.79 Å². The Kier molecular flexibility index (Phi) is 2.74. The fourth-order valence-electron chi connectivity index (χ4n) is 1.14. The number of aryl methyl sites for hydroxylation is 1. The van der Waals surface area contributed by atoms with Gasteiger partial charge >= 0.3 is 5.97 Å². The molecule has 4 nitrogen and oxygen atoms in total. The highest BCUT2D eigenvalue weighted by atomic mass is 16.4. The molecule has 1 aromatic carbocycles. The highest BCUT2D eigenvalue weighted by Crippen LogP contribution is 2.18. The molecule has 0 unspecified atom stereocenters. The first-order chi connectivity index (χ1) is 6.19. The average Bonchev–Trinajstić information content (AvgIpc) is 2.16. The lowest BCUT2D eigenvalue weighted by Crippen LogP contribution is -2.00. The molecule has 0 aliphatic rings. The summed E-state index contributed by atoms with van der Waals surface area (Å²) in [5, 5.41) is 11.5. The number of aromatic carboxylic acids is 1. The van der Waals surface area contributed by atoms with Gasteiger partial charge in [-0.15, -0.1) is 4.91 Å². The van der Waals surface area contributed by atoms with E-state index < -0.39 is 5.97 Å². The number of rotatable bonds is 3. The molecular formula is C9H9NO3. The second-order valence-electron chi connectivity index (χ2n) is 2.59. The van der Waals surface area contributed by atoms with Crippen LogP contribution in [-0.2, 0) is 6.42 Å². The van der Waals surface area contributed by atoms with Crippen LogP contribution in [-0.4, -0.2) is 11.1 Å². The van der Waals surface area contributed by atoms with E-state index in [0.29, 0.717) is 12.0 Å². The van der Waals surface area contributed by atoms with Crippen LogP contribution in [0.25, 0.3) is 0 Å². The van der Waals surface area contributed by atoms with Gasteiger partial charge in [-0.05, 0) is 35.4 Å². The molecule has 0 aliphatic carbocycles. The maximum Gasteiger partial charge on any atom is 0.335 e. The molecule has 0 atom stereocenters. The molecule has 0 aromatic heterocycles. The molecule has 0 spiro atoms. The topological polar surface area (TPSA) is 66.7 Å². The summed E-state index contributed by atoms with van der Waals surface area (Å²) in [6.07, 6.45) is 0.574. The van der Waals surface area contributed by atoms with E-state index in [-0.39, 0.29) is 11.3 Å². The number of carboxylic acids is 1. The van der Waals surface area contributed by atoms with Crippen molar-refractivity contribution in [2.75, 3.05) is 0 Å². The molecule has 0 radical (unpaired) electrons. The van der Waals surface area contributed by atoms with Crippen molar-refractivity contribution >= 4 is 11.7 Å². The van der Waals surface area contributed by atoms with Gasteiger partial charge in [-0.2, -0.15) is 0 Å². The predicted molar refractivity (Wildman–Crippen MR) is 48.2 cm³/mol. The van der Waals surface area contributed by atoms with E-state index in [4.69, 9.17) is 5.11 Å². The number of carboxylic acid groups (broad SMARTS) is 1. The summed E-state index contributed by atoms with van der Waals surface area (Å²) in [6.45, 7) is 1.83. The van der Waals surface area contributed by atoms with Crippen molar-refractivity contribution in [3.8, 4) is 0 Å². The molecule has 4 heteroatoms. The van der Waals surface area contributed by atoms with Gasteiger partial charge in [0, 0.05) is 0 Å². The van der Waals surface area contributed by atoms with Crippen LogP contribution >= 0.6 is 0 Å². The van der Waals surface area contributed by atoms with Gasteiger partial charge in [0.1, 0.15) is 5.69 Å². The van der Waals surface area contributed by atoms with Crippen molar-refractivity contribution in [2.24, 2.45) is 5.18 Å². The summed E-state index contributed by atoms with van der Waals surface area (Å²) in [6, 6.07) is 4.30. The van der Waals surface area contributed by atoms with Crippen LogP contribution in [0.5, 0.6) is 0 Å². The number of nitroso groups, excluding NO2 is 1. The van der Waals surface area contributed by atoms with E-state index in [1.807, 2.05) is 6.92 Å². The largest absolute Gasteiger partial charge is 0.478 e. The van der Waals surface area contributed by atoms with Gasteiger partial charge in [-0.3, -0.25) is 0 Å². The van der Waals surface area contributed by atoms with Crippen LogP contribution in [0.3, 0.4) is 0 Å². The molecule has 0 bridgehead atoms. The first-order valence-corrected chi connectivity index (χ1v) is 3.88. The van der Waals surface area contributed by atoms with Gasteiger partial charge < -0.3 is 5.11 Å². The van der Waals surface area contributed by atoms with Crippen molar-refractivity contribution in [2.45, 2.75) is 13.3 Å². The second kappa shape index (κ2) is 3.80. The zero-order valence-corrected chi connectivity index (χ0v) is 7.15. The molecule has 1 rings (SSSR count). The maximum atomic E-state index is 10.7. The van der Waals surface area contributed by atoms with Crippen LogP contribution < -0.4 is 0 Å². The monoisotopic (exact) mass is 179 g/mol. The minimum atomic E-state index is -0.978. The Labute approximate surface area is 75.2 Å². The number of carbonyl (C=O) groups is 1. The molecule has 68 valence electrons. The SMILES string of the molecule is CCc1cc(N=O)ccc1C(=O)O. The number of nitrogens with zero attached hydrogens (tertiary/aromatic N) is 1. The van der Waals surface area contributed by atoms with Gasteiger partial charge in [-0.1, -0.05) is 6.92 Å². The molecule has 0 amide bonds. The van der Waals surface area contributed by atoms with E-state index in [1.165, 1.54) is 18.2 Å². The Morgan fingerprint density at radius 1 is 1.54 bits per heavy atom. The fraction of sp³-hybridized carbons (Fsp3) is 0.222. The Morgan fingerprint density at radius 2 is 2.23 bits per heavy atom. The smallest absolute Gasteiger partial charge is 0.335 e. The van der Waals surface area contributed by atoms with E-state index in [0.717, 1.165) is 0 Å². The highest BCUT2D eigenvalue weighted by Gasteiger charge is 2.08. The van der Waals surface area contributed by atoms with Crippen molar-refractivity contribution < 1.29 is 9.90 Å². The predicted octanol–water partition coefficient (Wildman–Crippen LogP) is 2.35. The fourth-order valence-corrected chi connectivity index (χ4v) is 1.14. The first kappa shape index (κ1) is 9.38. The van der Waals surface area contributed by atoms with Crippen molar-refractivity contribution in [1.29, 1.82) is 0 Å². The normalized spacial score (nSPS) is 9.62. The van der Waals surface area contributed by atoms with Gasteiger partial charge in [0.2, 0.25) is 0 Å². The van der Waals surface area contributed by atoms with Crippen molar-refractivity contribution in [1.82, 2.24) is 0 Å². The Bertz CT molecular complexity index is 347. The van der Waals surface area contributed by atoms with E-state index in [9.17, 15) is 9.70 Å². The minimum Gasteiger partial charge on any atom is -0.478 e. The number of hydrogen-bond acceptors (Lipinski definition) is 3. The summed E-state index contributed by atoms with van der Waals surface area (Å²) in [4.78, 5) is 20.8.